The number of aliphatic hydroxyl groups excluding tert-OH is 1. The van der Waals surface area contributed by atoms with Crippen LogP contribution in [0.1, 0.15) is 49.3 Å². The number of nitrogens with zero attached hydrogens (tertiary/aromatic N) is 3. The van der Waals surface area contributed by atoms with Crippen molar-refractivity contribution in [3.63, 3.8) is 0 Å². The van der Waals surface area contributed by atoms with Gasteiger partial charge in [-0.3, -0.25) is 4.98 Å². The summed E-state index contributed by atoms with van der Waals surface area (Å²) < 4.78 is 1.13. The summed E-state index contributed by atoms with van der Waals surface area (Å²) in [7, 11) is 2.17. The number of thiazole rings is 1. The standard InChI is InChI=1S/C20H23N3OS/c1-23(16-5-3-2-4-6-16)20-22-17-8-7-15(13-18(17)25-20)19(24)14-9-11-21-12-10-14/h7-13,16,19,24H,2-6H2,1H3. The first kappa shape index (κ1) is 16.5. The van der Waals surface area contributed by atoms with Gasteiger partial charge in [0.2, 0.25) is 0 Å². The Labute approximate surface area is 152 Å². The van der Waals surface area contributed by atoms with E-state index in [4.69, 9.17) is 4.98 Å². The zero-order chi connectivity index (χ0) is 17.2. The van der Waals surface area contributed by atoms with Gasteiger partial charge in [0.25, 0.3) is 0 Å². The van der Waals surface area contributed by atoms with Crippen LogP contribution in [0, 0.1) is 0 Å². The van der Waals surface area contributed by atoms with Gasteiger partial charge in [0, 0.05) is 25.5 Å². The molecule has 1 aliphatic carbocycles. The van der Waals surface area contributed by atoms with Crippen molar-refractivity contribution in [3.8, 4) is 0 Å². The third kappa shape index (κ3) is 3.39. The van der Waals surface area contributed by atoms with E-state index in [2.05, 4.69) is 23.0 Å². The second-order valence-electron chi connectivity index (χ2n) is 6.81. The Morgan fingerprint density at radius 3 is 2.60 bits per heavy atom. The monoisotopic (exact) mass is 353 g/mol. The maximum absolute atomic E-state index is 10.6. The average Bonchev–Trinajstić information content (AvgIpc) is 3.11. The number of aromatic nitrogens is 2. The highest BCUT2D eigenvalue weighted by Gasteiger charge is 2.21. The van der Waals surface area contributed by atoms with Crippen molar-refractivity contribution in [2.24, 2.45) is 0 Å². The minimum atomic E-state index is -0.631. The van der Waals surface area contributed by atoms with E-state index in [1.165, 1.54) is 32.1 Å². The Morgan fingerprint density at radius 2 is 1.84 bits per heavy atom. The van der Waals surface area contributed by atoms with E-state index >= 15 is 0 Å². The van der Waals surface area contributed by atoms with E-state index in [9.17, 15) is 5.11 Å². The van der Waals surface area contributed by atoms with Gasteiger partial charge in [-0.25, -0.2) is 4.98 Å². The molecule has 1 saturated carbocycles. The van der Waals surface area contributed by atoms with Crippen LogP contribution < -0.4 is 4.90 Å². The van der Waals surface area contributed by atoms with Gasteiger partial charge in [0.1, 0.15) is 6.10 Å². The lowest BCUT2D eigenvalue weighted by Crippen LogP contribution is -2.33. The molecule has 1 fully saturated rings. The van der Waals surface area contributed by atoms with Gasteiger partial charge in [0.05, 0.1) is 10.2 Å². The Bertz CT molecular complexity index is 843. The van der Waals surface area contributed by atoms with E-state index in [0.717, 1.165) is 26.5 Å². The summed E-state index contributed by atoms with van der Waals surface area (Å²) in [6.45, 7) is 0. The van der Waals surface area contributed by atoms with Crippen LogP contribution in [0.2, 0.25) is 0 Å². The molecule has 0 radical (unpaired) electrons. The molecule has 0 aliphatic heterocycles. The molecule has 0 spiro atoms. The summed E-state index contributed by atoms with van der Waals surface area (Å²) in [5, 5.41) is 11.7. The first-order chi connectivity index (χ1) is 12.2. The van der Waals surface area contributed by atoms with Gasteiger partial charge < -0.3 is 10.0 Å². The van der Waals surface area contributed by atoms with Crippen molar-refractivity contribution in [1.29, 1.82) is 0 Å². The predicted molar refractivity (Wildman–Crippen MR) is 103 cm³/mol. The summed E-state index contributed by atoms with van der Waals surface area (Å²) in [5.74, 6) is 0. The summed E-state index contributed by atoms with van der Waals surface area (Å²) in [6.07, 6.45) is 9.32. The molecule has 25 heavy (non-hydrogen) atoms. The lowest BCUT2D eigenvalue weighted by Gasteiger charge is -2.30. The fourth-order valence-corrected chi connectivity index (χ4v) is 4.66. The number of rotatable bonds is 4. The van der Waals surface area contributed by atoms with Gasteiger partial charge in [-0.2, -0.15) is 0 Å². The molecule has 3 aromatic rings. The second-order valence-corrected chi connectivity index (χ2v) is 7.82. The van der Waals surface area contributed by atoms with Crippen LogP contribution in [-0.2, 0) is 0 Å². The van der Waals surface area contributed by atoms with E-state index in [1.807, 2.05) is 24.3 Å². The Kier molecular flexibility index (Phi) is 4.68. The number of benzene rings is 1. The van der Waals surface area contributed by atoms with Crippen LogP contribution in [0.25, 0.3) is 10.2 Å². The van der Waals surface area contributed by atoms with Gasteiger partial charge in [-0.15, -0.1) is 0 Å². The van der Waals surface area contributed by atoms with Gasteiger partial charge in [-0.05, 0) is 48.2 Å². The summed E-state index contributed by atoms with van der Waals surface area (Å²) in [5.41, 5.74) is 2.76. The molecule has 2 aromatic heterocycles. The Balaban J connectivity index is 1.61. The van der Waals surface area contributed by atoms with Crippen molar-refractivity contribution in [2.75, 3.05) is 11.9 Å². The molecular formula is C20H23N3OS. The molecule has 0 amide bonds. The number of anilines is 1. The SMILES string of the molecule is CN(c1nc2ccc(C(O)c3ccncc3)cc2s1)C1CCCCC1. The van der Waals surface area contributed by atoms with Crippen LogP contribution in [0.5, 0.6) is 0 Å². The topological polar surface area (TPSA) is 49.2 Å². The van der Waals surface area contributed by atoms with E-state index < -0.39 is 6.10 Å². The summed E-state index contributed by atoms with van der Waals surface area (Å²) in [6, 6.07) is 10.4. The maximum Gasteiger partial charge on any atom is 0.186 e. The van der Waals surface area contributed by atoms with Crippen molar-refractivity contribution < 1.29 is 5.11 Å². The summed E-state index contributed by atoms with van der Waals surface area (Å²) >= 11 is 1.72. The fourth-order valence-electron chi connectivity index (χ4n) is 3.61. The number of fused-ring (bicyclic) bond motifs is 1. The number of hydrogen-bond donors (Lipinski definition) is 1. The highest BCUT2D eigenvalue weighted by atomic mass is 32.1. The first-order valence-corrected chi connectivity index (χ1v) is 9.75. The Hall–Kier alpha value is -1.98. The molecule has 4 nitrogen and oxygen atoms in total. The first-order valence-electron chi connectivity index (χ1n) is 8.93. The normalized spacial score (nSPS) is 16.9. The molecule has 1 atom stereocenters. The highest BCUT2D eigenvalue weighted by Crippen LogP contribution is 2.34. The van der Waals surface area contributed by atoms with Crippen molar-refractivity contribution in [3.05, 3.63) is 53.9 Å². The third-order valence-electron chi connectivity index (χ3n) is 5.16. The van der Waals surface area contributed by atoms with Crippen molar-refractivity contribution in [1.82, 2.24) is 9.97 Å². The van der Waals surface area contributed by atoms with E-state index in [-0.39, 0.29) is 0 Å². The minimum Gasteiger partial charge on any atom is -0.384 e. The predicted octanol–water partition coefficient (Wildman–Crippen LogP) is 4.54. The molecule has 0 bridgehead atoms. The number of pyridine rings is 1. The van der Waals surface area contributed by atoms with Crippen LogP contribution in [0.3, 0.4) is 0 Å². The molecule has 1 N–H and O–H groups in total. The molecule has 1 aromatic carbocycles. The largest absolute Gasteiger partial charge is 0.384 e. The molecule has 0 saturated heterocycles. The molecular weight excluding hydrogens is 330 g/mol. The maximum atomic E-state index is 10.6. The smallest absolute Gasteiger partial charge is 0.186 e. The highest BCUT2D eigenvalue weighted by molar-refractivity contribution is 7.22. The van der Waals surface area contributed by atoms with Gasteiger partial charge in [0.15, 0.2) is 5.13 Å². The molecule has 1 unspecified atom stereocenters. The lowest BCUT2D eigenvalue weighted by atomic mass is 9.95. The average molecular weight is 353 g/mol. The number of aliphatic hydroxyl groups is 1. The molecule has 130 valence electrons. The second kappa shape index (κ2) is 7.10. The zero-order valence-electron chi connectivity index (χ0n) is 14.4. The van der Waals surface area contributed by atoms with Gasteiger partial charge in [-0.1, -0.05) is 36.7 Å². The molecule has 2 heterocycles. The van der Waals surface area contributed by atoms with Crippen LogP contribution >= 0.6 is 11.3 Å². The van der Waals surface area contributed by atoms with Crippen molar-refractivity contribution >= 4 is 26.7 Å². The van der Waals surface area contributed by atoms with Gasteiger partial charge >= 0.3 is 0 Å². The zero-order valence-corrected chi connectivity index (χ0v) is 15.2. The number of hydrogen-bond acceptors (Lipinski definition) is 5. The van der Waals surface area contributed by atoms with Crippen LogP contribution in [0.4, 0.5) is 5.13 Å². The van der Waals surface area contributed by atoms with Crippen LogP contribution in [-0.4, -0.2) is 28.2 Å². The van der Waals surface area contributed by atoms with Crippen molar-refractivity contribution in [2.45, 2.75) is 44.2 Å². The minimum absolute atomic E-state index is 0.608. The molecule has 5 heteroatoms. The van der Waals surface area contributed by atoms with Crippen LogP contribution in [0.15, 0.2) is 42.7 Å². The third-order valence-corrected chi connectivity index (χ3v) is 6.27. The lowest BCUT2D eigenvalue weighted by molar-refractivity contribution is 0.220. The fraction of sp³-hybridized carbons (Fsp3) is 0.400. The molecule has 1 aliphatic rings. The van der Waals surface area contributed by atoms with E-state index in [1.54, 1.807) is 23.7 Å². The molecule has 4 rings (SSSR count). The quantitative estimate of drug-likeness (QED) is 0.748. The van der Waals surface area contributed by atoms with E-state index in [0.29, 0.717) is 6.04 Å². The summed E-state index contributed by atoms with van der Waals surface area (Å²) in [4.78, 5) is 11.2. The Morgan fingerprint density at radius 1 is 1.08 bits per heavy atom.